The van der Waals surface area contributed by atoms with Crippen LogP contribution in [0.4, 0.5) is 19.0 Å². The van der Waals surface area contributed by atoms with Crippen molar-refractivity contribution in [1.82, 2.24) is 9.97 Å². The van der Waals surface area contributed by atoms with E-state index < -0.39 is 24.1 Å². The van der Waals surface area contributed by atoms with E-state index in [1.807, 2.05) is 91.0 Å². The lowest BCUT2D eigenvalue weighted by atomic mass is 9.81. The number of hydrogen-bond donors (Lipinski definition) is 1. The number of hydrogen-bond acceptors (Lipinski definition) is 6. The third kappa shape index (κ3) is 8.38. The van der Waals surface area contributed by atoms with Gasteiger partial charge in [0, 0.05) is 5.92 Å². The van der Waals surface area contributed by atoms with Gasteiger partial charge in [-0.3, -0.25) is 4.98 Å². The van der Waals surface area contributed by atoms with Crippen molar-refractivity contribution in [2.24, 2.45) is 5.92 Å². The van der Waals surface area contributed by atoms with Crippen molar-refractivity contribution in [3.8, 4) is 0 Å². The Hall–Kier alpha value is -3.79. The first-order chi connectivity index (χ1) is 20.5. The molecule has 0 amide bonds. The van der Waals surface area contributed by atoms with Gasteiger partial charge in [-0.05, 0) is 29.5 Å². The van der Waals surface area contributed by atoms with Crippen LogP contribution >= 0.6 is 0 Å². The van der Waals surface area contributed by atoms with Crippen LogP contribution in [0.15, 0.2) is 103 Å². The summed E-state index contributed by atoms with van der Waals surface area (Å²) < 4.78 is 59.3. The van der Waals surface area contributed by atoms with Gasteiger partial charge in [-0.1, -0.05) is 91.0 Å². The van der Waals surface area contributed by atoms with Crippen molar-refractivity contribution in [1.29, 1.82) is 0 Å². The molecule has 0 spiro atoms. The maximum Gasteiger partial charge on any atom is 0.434 e. The predicted octanol–water partition coefficient (Wildman–Crippen LogP) is 7.07. The Morgan fingerprint density at radius 1 is 0.690 bits per heavy atom. The number of ether oxygens (including phenoxy) is 3. The molecule has 1 N–H and O–H groups in total. The van der Waals surface area contributed by atoms with Crippen LogP contribution in [0.2, 0.25) is 0 Å². The summed E-state index contributed by atoms with van der Waals surface area (Å²) in [5.74, 6) is 0.0487. The van der Waals surface area contributed by atoms with Gasteiger partial charge in [0.1, 0.15) is 11.9 Å². The molecule has 0 aliphatic heterocycles. The number of anilines is 1. The fourth-order valence-corrected chi connectivity index (χ4v) is 5.19. The van der Waals surface area contributed by atoms with Crippen LogP contribution in [-0.4, -0.2) is 34.8 Å². The van der Waals surface area contributed by atoms with E-state index in [2.05, 4.69) is 15.3 Å². The smallest absolute Gasteiger partial charge is 0.376 e. The maximum atomic E-state index is 13.4. The topological polar surface area (TPSA) is 65.5 Å². The lowest BCUT2D eigenvalue weighted by Crippen LogP contribution is -2.53. The fraction of sp³-hybridized carbons (Fsp3) is 0.333. The van der Waals surface area contributed by atoms with Crippen LogP contribution in [0, 0.1) is 5.92 Å². The molecule has 42 heavy (non-hydrogen) atoms. The van der Waals surface area contributed by atoms with Crippen molar-refractivity contribution in [3.05, 3.63) is 126 Å². The SMILES string of the molecule is FC(F)(F)c1cncc(N[C@H]2CC[C@H](COCc3ccccc3)[C@H](OCc3ccccc3)C2OCc2ccccc2)n1. The minimum absolute atomic E-state index is 0.00356. The molecule has 1 heterocycles. The predicted molar refractivity (Wildman–Crippen MR) is 153 cm³/mol. The monoisotopic (exact) mass is 577 g/mol. The molecule has 9 heteroatoms. The third-order valence-corrected chi connectivity index (χ3v) is 7.31. The number of nitrogens with one attached hydrogen (secondary N) is 1. The van der Waals surface area contributed by atoms with Crippen molar-refractivity contribution < 1.29 is 27.4 Å². The standard InChI is InChI=1S/C33H34F3N3O3/c34-33(35,36)29-18-37-19-30(39-29)38-28-17-16-27(23-40-20-24-10-4-1-5-11-24)31(41-21-25-12-6-2-7-13-25)32(28)42-22-26-14-8-3-9-15-26/h1-15,18-19,27-28,31-32H,16-17,20-23H2,(H,38,39)/t27-,28+,31+,32?/m1/s1. The van der Waals surface area contributed by atoms with Gasteiger partial charge in [-0.15, -0.1) is 0 Å². The Labute approximate surface area is 243 Å². The molecule has 4 atom stereocenters. The Balaban J connectivity index is 1.38. The summed E-state index contributed by atoms with van der Waals surface area (Å²) in [6.45, 7) is 1.61. The van der Waals surface area contributed by atoms with E-state index in [4.69, 9.17) is 14.2 Å². The van der Waals surface area contributed by atoms with Crippen LogP contribution in [0.5, 0.6) is 0 Å². The molecule has 5 rings (SSSR count). The highest BCUT2D eigenvalue weighted by Gasteiger charge is 2.42. The van der Waals surface area contributed by atoms with Gasteiger partial charge in [-0.25, -0.2) is 4.98 Å². The number of nitrogens with zero attached hydrogens (tertiary/aromatic N) is 2. The van der Waals surface area contributed by atoms with Crippen LogP contribution < -0.4 is 5.32 Å². The van der Waals surface area contributed by atoms with Gasteiger partial charge in [0.2, 0.25) is 0 Å². The zero-order chi connectivity index (χ0) is 29.2. The minimum Gasteiger partial charge on any atom is -0.376 e. The molecule has 0 bridgehead atoms. The molecular weight excluding hydrogens is 543 g/mol. The summed E-state index contributed by atoms with van der Waals surface area (Å²) in [5.41, 5.74) is 2.03. The van der Waals surface area contributed by atoms with E-state index in [1.54, 1.807) is 0 Å². The summed E-state index contributed by atoms with van der Waals surface area (Å²) in [4.78, 5) is 7.57. The average Bonchev–Trinajstić information content (AvgIpc) is 3.01. The highest BCUT2D eigenvalue weighted by Crippen LogP contribution is 2.34. The first-order valence-electron chi connectivity index (χ1n) is 14.0. The molecular formula is C33H34F3N3O3. The van der Waals surface area contributed by atoms with Gasteiger partial charge in [0.05, 0.1) is 51.0 Å². The molecule has 1 unspecified atom stereocenters. The van der Waals surface area contributed by atoms with Crippen molar-refractivity contribution in [3.63, 3.8) is 0 Å². The second-order valence-electron chi connectivity index (χ2n) is 10.4. The Morgan fingerprint density at radius 3 is 1.81 bits per heavy atom. The van der Waals surface area contributed by atoms with Gasteiger partial charge in [-0.2, -0.15) is 13.2 Å². The van der Waals surface area contributed by atoms with Crippen molar-refractivity contribution >= 4 is 5.82 Å². The van der Waals surface area contributed by atoms with Crippen molar-refractivity contribution in [2.75, 3.05) is 11.9 Å². The van der Waals surface area contributed by atoms with Crippen LogP contribution in [-0.2, 0) is 40.2 Å². The van der Waals surface area contributed by atoms with Crippen molar-refractivity contribution in [2.45, 2.75) is 57.1 Å². The number of rotatable bonds is 12. The highest BCUT2D eigenvalue weighted by molar-refractivity contribution is 5.35. The van der Waals surface area contributed by atoms with Gasteiger partial charge < -0.3 is 19.5 Å². The van der Waals surface area contributed by atoms with E-state index in [-0.39, 0.29) is 17.8 Å². The van der Waals surface area contributed by atoms with Crippen LogP contribution in [0.3, 0.4) is 0 Å². The van der Waals surface area contributed by atoms with E-state index in [0.29, 0.717) is 32.8 Å². The third-order valence-electron chi connectivity index (χ3n) is 7.31. The van der Waals surface area contributed by atoms with E-state index in [1.165, 1.54) is 6.20 Å². The molecule has 220 valence electrons. The molecule has 1 saturated carbocycles. The van der Waals surface area contributed by atoms with E-state index >= 15 is 0 Å². The number of halogens is 3. The molecule has 3 aromatic carbocycles. The van der Waals surface area contributed by atoms with Gasteiger partial charge in [0.25, 0.3) is 0 Å². The first kappa shape index (κ1) is 29.7. The minimum atomic E-state index is -4.59. The molecule has 4 aromatic rings. The number of aromatic nitrogens is 2. The van der Waals surface area contributed by atoms with E-state index in [0.717, 1.165) is 29.3 Å². The molecule has 1 aromatic heterocycles. The Morgan fingerprint density at radius 2 is 1.24 bits per heavy atom. The molecule has 0 radical (unpaired) electrons. The van der Waals surface area contributed by atoms with E-state index in [9.17, 15) is 13.2 Å². The molecule has 1 aliphatic carbocycles. The van der Waals surface area contributed by atoms with Crippen LogP contribution in [0.25, 0.3) is 0 Å². The Bertz CT molecular complexity index is 1360. The molecule has 1 aliphatic rings. The fourth-order valence-electron chi connectivity index (χ4n) is 5.19. The summed E-state index contributed by atoms with van der Waals surface area (Å²) in [7, 11) is 0. The number of alkyl halides is 3. The summed E-state index contributed by atoms with van der Waals surface area (Å²) >= 11 is 0. The highest BCUT2D eigenvalue weighted by atomic mass is 19.4. The largest absolute Gasteiger partial charge is 0.434 e. The van der Waals surface area contributed by atoms with Crippen LogP contribution in [0.1, 0.15) is 35.2 Å². The zero-order valence-corrected chi connectivity index (χ0v) is 23.1. The summed E-state index contributed by atoms with van der Waals surface area (Å²) in [6, 6.07) is 29.2. The normalized spacial score (nSPS) is 20.7. The average molecular weight is 578 g/mol. The Kier molecular flexibility index (Phi) is 10.2. The second kappa shape index (κ2) is 14.4. The first-order valence-corrected chi connectivity index (χ1v) is 14.0. The quantitative estimate of drug-likeness (QED) is 0.194. The number of benzene rings is 3. The zero-order valence-electron chi connectivity index (χ0n) is 23.1. The van der Waals surface area contributed by atoms with Gasteiger partial charge >= 0.3 is 6.18 Å². The lowest BCUT2D eigenvalue weighted by Gasteiger charge is -2.43. The second-order valence-corrected chi connectivity index (χ2v) is 10.4. The molecule has 1 fully saturated rings. The summed E-state index contributed by atoms with van der Waals surface area (Å²) in [5, 5.41) is 3.19. The summed E-state index contributed by atoms with van der Waals surface area (Å²) in [6.07, 6.45) is -2.10. The maximum absolute atomic E-state index is 13.4. The molecule has 0 saturated heterocycles. The molecule has 6 nitrogen and oxygen atoms in total. The van der Waals surface area contributed by atoms with Gasteiger partial charge in [0.15, 0.2) is 5.69 Å². The lowest BCUT2D eigenvalue weighted by molar-refractivity contribution is -0.145.